The minimum atomic E-state index is -0.240. The maximum absolute atomic E-state index is 12.5. The first kappa shape index (κ1) is 17.2. The normalized spacial score (nSPS) is 16.5. The highest BCUT2D eigenvalue weighted by atomic mass is 16.1. The van der Waals surface area contributed by atoms with Crippen LogP contribution in [0.4, 0.5) is 11.4 Å². The zero-order chi connectivity index (χ0) is 18.6. The summed E-state index contributed by atoms with van der Waals surface area (Å²) in [7, 11) is 2.00. The first-order valence-electron chi connectivity index (χ1n) is 9.02. The molecule has 2 aromatic heterocycles. The molecule has 1 amide bonds. The van der Waals surface area contributed by atoms with Crippen molar-refractivity contribution in [3.8, 4) is 11.3 Å². The number of aromatic nitrogens is 3. The number of nitrogens with one attached hydrogen (secondary N) is 3. The molecule has 1 saturated heterocycles. The molecule has 1 fully saturated rings. The molecule has 138 valence electrons. The van der Waals surface area contributed by atoms with Crippen LogP contribution in [-0.4, -0.2) is 47.3 Å². The minimum Gasteiger partial charge on any atom is -0.370 e. The van der Waals surface area contributed by atoms with E-state index in [0.717, 1.165) is 36.5 Å². The van der Waals surface area contributed by atoms with Crippen LogP contribution in [0.2, 0.25) is 0 Å². The zero-order valence-corrected chi connectivity index (χ0v) is 15.1. The monoisotopic (exact) mass is 362 g/mol. The van der Waals surface area contributed by atoms with Gasteiger partial charge in [0.2, 0.25) is 0 Å². The van der Waals surface area contributed by atoms with E-state index in [2.05, 4.69) is 30.7 Å². The summed E-state index contributed by atoms with van der Waals surface area (Å²) in [6, 6.07) is 13.9. The summed E-state index contributed by atoms with van der Waals surface area (Å²) in [5.74, 6) is -0.240. The molecule has 1 aromatic carbocycles. The smallest absolute Gasteiger partial charge is 0.276 e. The van der Waals surface area contributed by atoms with Crippen LogP contribution in [-0.2, 0) is 0 Å². The van der Waals surface area contributed by atoms with Crippen molar-refractivity contribution in [2.45, 2.75) is 12.5 Å². The third-order valence-corrected chi connectivity index (χ3v) is 4.89. The van der Waals surface area contributed by atoms with Crippen LogP contribution >= 0.6 is 0 Å². The van der Waals surface area contributed by atoms with Gasteiger partial charge in [0.1, 0.15) is 0 Å². The maximum Gasteiger partial charge on any atom is 0.276 e. The van der Waals surface area contributed by atoms with Crippen molar-refractivity contribution in [1.29, 1.82) is 0 Å². The van der Waals surface area contributed by atoms with Gasteiger partial charge in [0.05, 0.1) is 5.69 Å². The van der Waals surface area contributed by atoms with E-state index in [1.807, 2.05) is 43.4 Å². The Morgan fingerprint density at radius 2 is 1.96 bits per heavy atom. The third kappa shape index (κ3) is 3.83. The van der Waals surface area contributed by atoms with Gasteiger partial charge >= 0.3 is 0 Å². The Labute approximate surface area is 157 Å². The molecule has 7 heteroatoms. The quantitative estimate of drug-likeness (QED) is 0.649. The second kappa shape index (κ2) is 7.59. The topological polar surface area (TPSA) is 85.9 Å². The fourth-order valence-corrected chi connectivity index (χ4v) is 3.30. The van der Waals surface area contributed by atoms with E-state index in [9.17, 15) is 4.79 Å². The molecule has 3 N–H and O–H groups in total. The molecule has 0 saturated carbocycles. The molecule has 27 heavy (non-hydrogen) atoms. The summed E-state index contributed by atoms with van der Waals surface area (Å²) >= 11 is 0. The zero-order valence-electron chi connectivity index (χ0n) is 15.1. The van der Waals surface area contributed by atoms with E-state index in [0.29, 0.717) is 11.7 Å². The summed E-state index contributed by atoms with van der Waals surface area (Å²) in [5.41, 5.74) is 3.99. The molecule has 1 aliphatic heterocycles. The van der Waals surface area contributed by atoms with Gasteiger partial charge in [-0.2, -0.15) is 5.10 Å². The highest BCUT2D eigenvalue weighted by Crippen LogP contribution is 2.23. The number of pyridine rings is 1. The highest BCUT2D eigenvalue weighted by molar-refractivity contribution is 6.03. The van der Waals surface area contributed by atoms with E-state index in [4.69, 9.17) is 0 Å². The molecule has 0 aliphatic carbocycles. The molecule has 7 nitrogen and oxygen atoms in total. The number of benzene rings is 1. The van der Waals surface area contributed by atoms with Crippen molar-refractivity contribution in [2.24, 2.45) is 0 Å². The lowest BCUT2D eigenvalue weighted by atomic mass is 10.2. The molecular weight excluding hydrogens is 340 g/mol. The Morgan fingerprint density at radius 1 is 1.19 bits per heavy atom. The Bertz CT molecular complexity index is 906. The van der Waals surface area contributed by atoms with E-state index in [1.165, 1.54) is 5.69 Å². The summed E-state index contributed by atoms with van der Waals surface area (Å²) < 4.78 is 0. The number of anilines is 2. The number of carbonyl (C=O) groups excluding carboxylic acids is 1. The van der Waals surface area contributed by atoms with Gasteiger partial charge < -0.3 is 15.5 Å². The predicted molar refractivity (Wildman–Crippen MR) is 106 cm³/mol. The van der Waals surface area contributed by atoms with Gasteiger partial charge in [-0.05, 0) is 55.9 Å². The molecule has 1 aliphatic rings. The maximum atomic E-state index is 12.5. The Kier molecular flexibility index (Phi) is 4.84. The largest absolute Gasteiger partial charge is 0.370 e. The fraction of sp³-hybridized carbons (Fsp3) is 0.250. The van der Waals surface area contributed by atoms with Crippen molar-refractivity contribution >= 4 is 17.3 Å². The van der Waals surface area contributed by atoms with Crippen LogP contribution in [0.15, 0.2) is 54.9 Å². The SMILES string of the molecule is CNC1CCN(c2ccc(NC(=O)c3cc(-c4ccncc4)[nH]n3)cc2)C1. The van der Waals surface area contributed by atoms with Gasteiger partial charge in [0.25, 0.3) is 5.91 Å². The molecule has 1 unspecified atom stereocenters. The van der Waals surface area contributed by atoms with E-state index in [1.54, 1.807) is 18.5 Å². The number of amides is 1. The average molecular weight is 362 g/mol. The standard InChI is InChI=1S/C20H22N6O/c1-21-16-8-11-26(13-16)17-4-2-15(3-5-17)23-20(27)19-12-18(24-25-19)14-6-9-22-10-7-14/h2-7,9-10,12,16,21H,8,11,13H2,1H3,(H,23,27)(H,24,25). The first-order chi connectivity index (χ1) is 13.2. The van der Waals surface area contributed by atoms with Crippen LogP contribution in [0.1, 0.15) is 16.9 Å². The Balaban J connectivity index is 1.41. The van der Waals surface area contributed by atoms with Gasteiger partial charge in [-0.15, -0.1) is 0 Å². The van der Waals surface area contributed by atoms with Gasteiger partial charge in [-0.25, -0.2) is 0 Å². The highest BCUT2D eigenvalue weighted by Gasteiger charge is 2.21. The van der Waals surface area contributed by atoms with E-state index < -0.39 is 0 Å². The third-order valence-electron chi connectivity index (χ3n) is 4.89. The molecule has 3 heterocycles. The van der Waals surface area contributed by atoms with Gasteiger partial charge in [-0.1, -0.05) is 0 Å². The number of aromatic amines is 1. The minimum absolute atomic E-state index is 0.240. The predicted octanol–water partition coefficient (Wildman–Crippen LogP) is 2.52. The number of nitrogens with zero attached hydrogens (tertiary/aromatic N) is 3. The summed E-state index contributed by atoms with van der Waals surface area (Å²) in [4.78, 5) is 18.8. The molecule has 0 bridgehead atoms. The van der Waals surface area contributed by atoms with Gasteiger partial charge in [0.15, 0.2) is 5.69 Å². The van der Waals surface area contributed by atoms with Crippen LogP contribution < -0.4 is 15.5 Å². The lowest BCUT2D eigenvalue weighted by Crippen LogP contribution is -2.29. The molecule has 4 rings (SSSR count). The van der Waals surface area contributed by atoms with Crippen LogP contribution in [0.25, 0.3) is 11.3 Å². The Morgan fingerprint density at radius 3 is 2.67 bits per heavy atom. The molecular formula is C20H22N6O. The number of carbonyl (C=O) groups is 1. The van der Waals surface area contributed by atoms with Crippen LogP contribution in [0.3, 0.4) is 0 Å². The van der Waals surface area contributed by atoms with Crippen molar-refractivity contribution in [3.63, 3.8) is 0 Å². The fourth-order valence-electron chi connectivity index (χ4n) is 3.30. The average Bonchev–Trinajstić information content (AvgIpc) is 3.39. The molecule has 3 aromatic rings. The molecule has 1 atom stereocenters. The van der Waals surface area contributed by atoms with Crippen molar-refractivity contribution < 1.29 is 4.79 Å². The second-order valence-corrected chi connectivity index (χ2v) is 6.62. The lowest BCUT2D eigenvalue weighted by Gasteiger charge is -2.19. The van der Waals surface area contributed by atoms with Crippen LogP contribution in [0, 0.1) is 0 Å². The number of H-pyrrole nitrogens is 1. The number of likely N-dealkylation sites (N-methyl/N-ethyl adjacent to an activating group) is 1. The molecule has 0 spiro atoms. The van der Waals surface area contributed by atoms with Gasteiger partial charge in [-0.3, -0.25) is 14.9 Å². The lowest BCUT2D eigenvalue weighted by molar-refractivity contribution is 0.102. The summed E-state index contributed by atoms with van der Waals surface area (Å²) in [5, 5.41) is 13.2. The van der Waals surface area contributed by atoms with E-state index in [-0.39, 0.29) is 5.91 Å². The van der Waals surface area contributed by atoms with Crippen LogP contribution in [0.5, 0.6) is 0 Å². The number of hydrogen-bond acceptors (Lipinski definition) is 5. The number of rotatable bonds is 5. The second-order valence-electron chi connectivity index (χ2n) is 6.62. The Hall–Kier alpha value is -3.19. The van der Waals surface area contributed by atoms with Crippen molar-refractivity contribution in [2.75, 3.05) is 30.4 Å². The summed E-state index contributed by atoms with van der Waals surface area (Å²) in [6.45, 7) is 2.05. The number of hydrogen-bond donors (Lipinski definition) is 3. The first-order valence-corrected chi connectivity index (χ1v) is 9.02. The molecule has 0 radical (unpaired) electrons. The summed E-state index contributed by atoms with van der Waals surface area (Å²) in [6.07, 6.45) is 4.56. The van der Waals surface area contributed by atoms with Crippen molar-refractivity contribution in [1.82, 2.24) is 20.5 Å². The van der Waals surface area contributed by atoms with Crippen molar-refractivity contribution in [3.05, 3.63) is 60.6 Å². The van der Waals surface area contributed by atoms with E-state index >= 15 is 0 Å². The van der Waals surface area contributed by atoms with Gasteiger partial charge in [0, 0.05) is 48.5 Å².